The average Bonchev–Trinajstić information content (AvgIpc) is 3.37. The third kappa shape index (κ3) is 5.10. The lowest BCUT2D eigenvalue weighted by atomic mass is 10.1. The monoisotopic (exact) mass is 430 g/mol. The van der Waals surface area contributed by atoms with Crippen molar-refractivity contribution >= 4 is 29.0 Å². The highest BCUT2D eigenvalue weighted by Gasteiger charge is 2.13. The number of ether oxygens (including phenoxy) is 2. The number of hydrogen-bond acceptors (Lipinski definition) is 7. The van der Waals surface area contributed by atoms with Crippen molar-refractivity contribution in [2.45, 2.75) is 18.0 Å². The molecule has 7 nitrogen and oxygen atoms in total. The number of thiophene rings is 1. The van der Waals surface area contributed by atoms with Gasteiger partial charge in [0.05, 0.1) is 5.75 Å². The van der Waals surface area contributed by atoms with E-state index in [2.05, 4.69) is 27.0 Å². The lowest BCUT2D eigenvalue weighted by Crippen LogP contribution is -2.27. The molecule has 0 atom stereocenters. The maximum atomic E-state index is 12.2. The number of rotatable bonds is 8. The summed E-state index contributed by atoms with van der Waals surface area (Å²) in [4.78, 5) is 13.4. The van der Waals surface area contributed by atoms with E-state index in [1.54, 1.807) is 11.3 Å². The summed E-state index contributed by atoms with van der Waals surface area (Å²) in [6.07, 6.45) is 1.49. The second kappa shape index (κ2) is 9.32. The first-order valence-electron chi connectivity index (χ1n) is 9.38. The molecule has 0 bridgehead atoms. The second-order valence-corrected chi connectivity index (χ2v) is 8.56. The predicted molar refractivity (Wildman–Crippen MR) is 113 cm³/mol. The van der Waals surface area contributed by atoms with Crippen molar-refractivity contribution in [2.24, 2.45) is 7.05 Å². The third-order valence-electron chi connectivity index (χ3n) is 4.51. The molecule has 0 saturated carbocycles. The van der Waals surface area contributed by atoms with Crippen LogP contribution >= 0.6 is 23.1 Å². The SMILES string of the molecule is Cn1c(Cc2cccs2)nnc1SCC(=O)NCCc1ccc2c(c1)OCCO2. The molecule has 2 aromatic heterocycles. The number of thioether (sulfide) groups is 1. The van der Waals surface area contributed by atoms with Gasteiger partial charge in [-0.3, -0.25) is 4.79 Å². The number of carbonyl (C=O) groups excluding carboxylic acids is 1. The van der Waals surface area contributed by atoms with E-state index in [9.17, 15) is 4.79 Å². The van der Waals surface area contributed by atoms with Gasteiger partial charge < -0.3 is 19.4 Å². The van der Waals surface area contributed by atoms with Crippen LogP contribution in [0.4, 0.5) is 0 Å². The Kier molecular flexibility index (Phi) is 6.36. The van der Waals surface area contributed by atoms with E-state index in [0.717, 1.165) is 40.9 Å². The molecular formula is C20H22N4O3S2. The zero-order valence-corrected chi connectivity index (χ0v) is 17.7. The summed E-state index contributed by atoms with van der Waals surface area (Å²) in [5.74, 6) is 2.75. The molecule has 3 aromatic rings. The highest BCUT2D eigenvalue weighted by Crippen LogP contribution is 2.30. The molecular weight excluding hydrogens is 408 g/mol. The van der Waals surface area contributed by atoms with Gasteiger partial charge in [0.15, 0.2) is 16.7 Å². The van der Waals surface area contributed by atoms with Gasteiger partial charge in [0, 0.05) is 24.9 Å². The molecule has 4 rings (SSSR count). The number of nitrogens with one attached hydrogen (secondary N) is 1. The molecule has 1 aliphatic heterocycles. The third-order valence-corrected chi connectivity index (χ3v) is 6.41. The highest BCUT2D eigenvalue weighted by molar-refractivity contribution is 7.99. The summed E-state index contributed by atoms with van der Waals surface area (Å²) in [5, 5.41) is 14.2. The quantitative estimate of drug-likeness (QED) is 0.554. The van der Waals surface area contributed by atoms with Gasteiger partial charge in [-0.05, 0) is 35.6 Å². The fourth-order valence-electron chi connectivity index (χ4n) is 2.96. The number of nitrogens with zero attached hydrogens (tertiary/aromatic N) is 3. The van der Waals surface area contributed by atoms with Crippen LogP contribution in [0, 0.1) is 0 Å². The first kappa shape index (κ1) is 19.8. The Morgan fingerprint density at radius 2 is 2.10 bits per heavy atom. The molecule has 1 N–H and O–H groups in total. The molecule has 9 heteroatoms. The van der Waals surface area contributed by atoms with E-state index in [-0.39, 0.29) is 5.91 Å². The van der Waals surface area contributed by atoms with E-state index in [1.165, 1.54) is 16.6 Å². The minimum Gasteiger partial charge on any atom is -0.486 e. The standard InChI is InChI=1S/C20H22N4O3S2/c1-24-18(12-15-3-2-10-28-15)22-23-20(24)29-13-19(25)21-7-6-14-4-5-16-17(11-14)27-9-8-26-16/h2-5,10-11H,6-9,12-13H2,1H3,(H,21,25). The van der Waals surface area contributed by atoms with Gasteiger partial charge in [-0.1, -0.05) is 23.9 Å². The summed E-state index contributed by atoms with van der Waals surface area (Å²) >= 11 is 3.10. The van der Waals surface area contributed by atoms with E-state index in [0.29, 0.717) is 25.5 Å². The van der Waals surface area contributed by atoms with Crippen molar-refractivity contribution in [3.05, 3.63) is 52.0 Å². The smallest absolute Gasteiger partial charge is 0.230 e. The number of hydrogen-bond donors (Lipinski definition) is 1. The van der Waals surface area contributed by atoms with Crippen LogP contribution in [0.25, 0.3) is 0 Å². The van der Waals surface area contributed by atoms with Crippen LogP contribution in [0.15, 0.2) is 40.9 Å². The summed E-state index contributed by atoms with van der Waals surface area (Å²) < 4.78 is 13.1. The molecule has 3 heterocycles. The van der Waals surface area contributed by atoms with Gasteiger partial charge in [0.2, 0.25) is 5.91 Å². The molecule has 0 unspecified atom stereocenters. The lowest BCUT2D eigenvalue weighted by Gasteiger charge is -2.18. The van der Waals surface area contributed by atoms with Gasteiger partial charge >= 0.3 is 0 Å². The topological polar surface area (TPSA) is 78.3 Å². The van der Waals surface area contributed by atoms with Gasteiger partial charge in [-0.15, -0.1) is 21.5 Å². The van der Waals surface area contributed by atoms with Crippen LogP contribution < -0.4 is 14.8 Å². The van der Waals surface area contributed by atoms with Crippen LogP contribution in [-0.4, -0.2) is 46.2 Å². The number of fused-ring (bicyclic) bond motifs is 1. The van der Waals surface area contributed by atoms with Crippen molar-refractivity contribution in [1.29, 1.82) is 0 Å². The van der Waals surface area contributed by atoms with Crippen molar-refractivity contribution in [3.63, 3.8) is 0 Å². The highest BCUT2D eigenvalue weighted by atomic mass is 32.2. The Hall–Kier alpha value is -2.52. The minimum absolute atomic E-state index is 0.0182. The molecule has 152 valence electrons. The molecule has 29 heavy (non-hydrogen) atoms. The molecule has 1 amide bonds. The molecule has 0 radical (unpaired) electrons. The Labute approximate surface area is 177 Å². The zero-order valence-electron chi connectivity index (χ0n) is 16.1. The zero-order chi connectivity index (χ0) is 20.1. The van der Waals surface area contributed by atoms with Crippen LogP contribution in [0.5, 0.6) is 11.5 Å². The summed E-state index contributed by atoms with van der Waals surface area (Å²) in [5.41, 5.74) is 1.11. The number of benzene rings is 1. The van der Waals surface area contributed by atoms with Crippen molar-refractivity contribution in [2.75, 3.05) is 25.5 Å². The van der Waals surface area contributed by atoms with Crippen LogP contribution in [0.1, 0.15) is 16.3 Å². The van der Waals surface area contributed by atoms with Gasteiger partial charge in [0.25, 0.3) is 0 Å². The number of carbonyl (C=O) groups is 1. The molecule has 1 aromatic carbocycles. The molecule has 1 aliphatic rings. The van der Waals surface area contributed by atoms with Gasteiger partial charge in [-0.2, -0.15) is 0 Å². The largest absolute Gasteiger partial charge is 0.486 e. The molecule has 0 spiro atoms. The van der Waals surface area contributed by atoms with Crippen LogP contribution in [0.3, 0.4) is 0 Å². The minimum atomic E-state index is -0.0182. The molecule has 0 saturated heterocycles. The fraction of sp³-hybridized carbons (Fsp3) is 0.350. The Morgan fingerprint density at radius 3 is 2.93 bits per heavy atom. The Morgan fingerprint density at radius 1 is 1.24 bits per heavy atom. The van der Waals surface area contributed by atoms with Crippen molar-refractivity contribution < 1.29 is 14.3 Å². The Balaban J connectivity index is 1.22. The van der Waals surface area contributed by atoms with Crippen LogP contribution in [0.2, 0.25) is 0 Å². The number of amides is 1. The molecule has 0 aliphatic carbocycles. The normalized spacial score (nSPS) is 12.7. The Bertz CT molecular complexity index is 972. The van der Waals surface area contributed by atoms with Crippen molar-refractivity contribution in [1.82, 2.24) is 20.1 Å². The maximum Gasteiger partial charge on any atom is 0.230 e. The van der Waals surface area contributed by atoms with E-state index >= 15 is 0 Å². The van der Waals surface area contributed by atoms with Crippen molar-refractivity contribution in [3.8, 4) is 11.5 Å². The first-order valence-corrected chi connectivity index (χ1v) is 11.2. The van der Waals surface area contributed by atoms with Gasteiger partial charge in [-0.25, -0.2) is 0 Å². The first-order chi connectivity index (χ1) is 14.2. The summed E-state index contributed by atoms with van der Waals surface area (Å²) in [7, 11) is 1.94. The van der Waals surface area contributed by atoms with Crippen LogP contribution in [-0.2, 0) is 24.7 Å². The fourth-order valence-corrected chi connectivity index (χ4v) is 4.43. The summed E-state index contributed by atoms with van der Waals surface area (Å²) in [6, 6.07) is 10.0. The van der Waals surface area contributed by atoms with E-state index < -0.39 is 0 Å². The van der Waals surface area contributed by atoms with Gasteiger partial charge in [0.1, 0.15) is 19.0 Å². The molecule has 0 fully saturated rings. The summed E-state index contributed by atoms with van der Waals surface area (Å²) in [6.45, 7) is 1.73. The number of aromatic nitrogens is 3. The maximum absolute atomic E-state index is 12.2. The second-order valence-electron chi connectivity index (χ2n) is 6.58. The lowest BCUT2D eigenvalue weighted by molar-refractivity contribution is -0.118. The van der Waals surface area contributed by atoms with E-state index in [1.807, 2.05) is 35.9 Å². The average molecular weight is 431 g/mol. The predicted octanol–water partition coefficient (Wildman–Crippen LogP) is 2.69. The van der Waals surface area contributed by atoms with E-state index in [4.69, 9.17) is 9.47 Å².